The van der Waals surface area contributed by atoms with E-state index < -0.39 is 0 Å². The van der Waals surface area contributed by atoms with E-state index in [2.05, 4.69) is 162 Å². The Kier molecular flexibility index (Phi) is 7.13. The molecule has 5 aromatic carbocycles. The summed E-state index contributed by atoms with van der Waals surface area (Å²) in [6.07, 6.45) is 8.38. The van der Waals surface area contributed by atoms with Gasteiger partial charge in [-0.15, -0.1) is 0 Å². The van der Waals surface area contributed by atoms with Crippen LogP contribution in [0.5, 0.6) is 0 Å². The van der Waals surface area contributed by atoms with E-state index in [-0.39, 0.29) is 11.8 Å². The first kappa shape index (κ1) is 29.1. The van der Waals surface area contributed by atoms with E-state index in [1.807, 2.05) is 19.1 Å². The first-order chi connectivity index (χ1) is 23.6. The van der Waals surface area contributed by atoms with Gasteiger partial charge in [-0.1, -0.05) is 103 Å². The number of hydrogen-bond donors (Lipinski definition) is 0. The van der Waals surface area contributed by atoms with Crippen LogP contribution < -0.4 is 0 Å². The van der Waals surface area contributed by atoms with Gasteiger partial charge in [0, 0.05) is 44.6 Å². The zero-order chi connectivity index (χ0) is 32.8. The van der Waals surface area contributed by atoms with E-state index in [1.165, 1.54) is 10.8 Å². The van der Waals surface area contributed by atoms with Gasteiger partial charge in [-0.3, -0.25) is 0 Å². The molecule has 0 radical (unpaired) electrons. The smallest absolute Gasteiger partial charge is 0.0944 e. The molecule has 7 aromatic rings. The van der Waals surface area contributed by atoms with Gasteiger partial charge < -0.3 is 9.13 Å². The highest BCUT2D eigenvalue weighted by atomic mass is 15.0. The van der Waals surface area contributed by atoms with Gasteiger partial charge in [0.2, 0.25) is 0 Å². The van der Waals surface area contributed by atoms with Gasteiger partial charge in [0.05, 0.1) is 40.3 Å². The van der Waals surface area contributed by atoms with Crippen molar-refractivity contribution in [3.63, 3.8) is 0 Å². The van der Waals surface area contributed by atoms with Crippen molar-refractivity contribution in [2.24, 2.45) is 5.92 Å². The molecular weight excluding hydrogens is 585 g/mol. The number of hydrogen-bond acceptors (Lipinski definition) is 2. The van der Waals surface area contributed by atoms with Gasteiger partial charge in [-0.05, 0) is 73.0 Å². The van der Waals surface area contributed by atoms with Gasteiger partial charge in [0.15, 0.2) is 0 Å². The normalized spacial score (nSPS) is 16.2. The Labute approximate surface area is 280 Å². The molecule has 2 atom stereocenters. The fourth-order valence-corrected chi connectivity index (χ4v) is 7.39. The van der Waals surface area contributed by atoms with E-state index in [0.717, 1.165) is 61.3 Å². The summed E-state index contributed by atoms with van der Waals surface area (Å²) < 4.78 is 4.61. The number of aromatic nitrogens is 2. The standard InChI is InChI=1S/C44H32N4/c1-29(27-45)25-39-30(2)47(41-15-7-5-13-37(39)41)34-23-21-31(22-24-34)32-19-20-33(28-46)40(26-32)38-14-6-10-18-44(38)48-42-16-8-3-11-35(42)36-12-4-9-17-43(36)48/h3-26,33,40H,1-2H3/b29-25+. The van der Waals surface area contributed by atoms with Crippen LogP contribution >= 0.6 is 0 Å². The Bertz CT molecular complexity index is 2500. The lowest BCUT2D eigenvalue weighted by atomic mass is 9.80. The monoisotopic (exact) mass is 616 g/mol. The topological polar surface area (TPSA) is 57.4 Å². The van der Waals surface area contributed by atoms with Crippen LogP contribution in [0.4, 0.5) is 0 Å². The highest BCUT2D eigenvalue weighted by molar-refractivity contribution is 6.09. The van der Waals surface area contributed by atoms with Crippen LogP contribution in [0.2, 0.25) is 0 Å². The Hall–Kier alpha value is -6.36. The number of benzene rings is 5. The summed E-state index contributed by atoms with van der Waals surface area (Å²) in [6.45, 7) is 3.95. The summed E-state index contributed by atoms with van der Waals surface area (Å²) in [7, 11) is 0. The third kappa shape index (κ3) is 4.66. The molecule has 0 bridgehead atoms. The average Bonchev–Trinajstić information content (AvgIpc) is 3.62. The number of allylic oxidation sites excluding steroid dienone is 5. The SMILES string of the molecule is C/C(C#N)=C\c1c(C)n(-c2ccc(C3=CC(c4ccccc4-n4c5ccccc5c5ccccc54)C(C#N)C=C3)cc2)c2ccccc12. The molecule has 8 rings (SSSR count). The summed E-state index contributed by atoms with van der Waals surface area (Å²) >= 11 is 0. The highest BCUT2D eigenvalue weighted by Crippen LogP contribution is 2.41. The molecule has 0 saturated carbocycles. The van der Waals surface area contributed by atoms with Gasteiger partial charge >= 0.3 is 0 Å². The Morgan fingerprint density at radius 3 is 1.92 bits per heavy atom. The molecule has 4 heteroatoms. The predicted molar refractivity (Wildman–Crippen MR) is 197 cm³/mol. The molecule has 48 heavy (non-hydrogen) atoms. The third-order valence-electron chi connectivity index (χ3n) is 9.65. The van der Waals surface area contributed by atoms with Gasteiger partial charge in [0.1, 0.15) is 0 Å². The van der Waals surface area contributed by atoms with Crippen LogP contribution in [0.15, 0.2) is 145 Å². The van der Waals surface area contributed by atoms with Crippen molar-refractivity contribution in [3.05, 3.63) is 168 Å². The summed E-state index contributed by atoms with van der Waals surface area (Å²) in [5.74, 6) is -0.418. The van der Waals surface area contributed by atoms with Crippen LogP contribution in [0.3, 0.4) is 0 Å². The van der Waals surface area contributed by atoms with E-state index in [0.29, 0.717) is 5.57 Å². The van der Waals surface area contributed by atoms with Crippen molar-refractivity contribution >= 4 is 44.4 Å². The summed E-state index contributed by atoms with van der Waals surface area (Å²) in [5.41, 5.74) is 11.7. The van der Waals surface area contributed by atoms with Crippen molar-refractivity contribution in [1.29, 1.82) is 10.5 Å². The average molecular weight is 617 g/mol. The molecule has 1 aliphatic rings. The van der Waals surface area contributed by atoms with Crippen molar-refractivity contribution < 1.29 is 0 Å². The predicted octanol–water partition coefficient (Wildman–Crippen LogP) is 10.8. The Morgan fingerprint density at radius 1 is 0.688 bits per heavy atom. The number of nitriles is 2. The molecule has 1 aliphatic carbocycles. The van der Waals surface area contributed by atoms with Crippen LogP contribution in [-0.2, 0) is 0 Å². The van der Waals surface area contributed by atoms with Gasteiger partial charge in [-0.2, -0.15) is 10.5 Å². The largest absolute Gasteiger partial charge is 0.313 e. The molecule has 2 heterocycles. The molecule has 0 spiro atoms. The molecule has 0 fully saturated rings. The number of rotatable bonds is 5. The minimum atomic E-state index is -0.292. The molecule has 0 aliphatic heterocycles. The summed E-state index contributed by atoms with van der Waals surface area (Å²) in [5, 5.41) is 23.3. The number of nitrogens with zero attached hydrogens (tertiary/aromatic N) is 4. The Balaban J connectivity index is 1.22. The summed E-state index contributed by atoms with van der Waals surface area (Å²) in [4.78, 5) is 0. The minimum Gasteiger partial charge on any atom is -0.313 e. The number of fused-ring (bicyclic) bond motifs is 4. The quantitative estimate of drug-likeness (QED) is 0.181. The lowest BCUT2D eigenvalue weighted by Crippen LogP contribution is -2.13. The van der Waals surface area contributed by atoms with E-state index in [1.54, 1.807) is 0 Å². The van der Waals surface area contributed by atoms with Crippen molar-refractivity contribution in [2.45, 2.75) is 19.8 Å². The van der Waals surface area contributed by atoms with E-state index >= 15 is 0 Å². The van der Waals surface area contributed by atoms with E-state index in [9.17, 15) is 10.5 Å². The summed E-state index contributed by atoms with van der Waals surface area (Å²) in [6, 6.07) is 47.4. The van der Waals surface area contributed by atoms with Gasteiger partial charge in [0.25, 0.3) is 0 Å². The maximum absolute atomic E-state index is 10.3. The maximum atomic E-state index is 10.3. The second kappa shape index (κ2) is 11.8. The van der Waals surface area contributed by atoms with Crippen molar-refractivity contribution in [1.82, 2.24) is 9.13 Å². The molecule has 0 N–H and O–H groups in total. The van der Waals surface area contributed by atoms with Crippen LogP contribution in [0.25, 0.3) is 55.7 Å². The number of para-hydroxylation sites is 4. The second-order valence-electron chi connectivity index (χ2n) is 12.4. The van der Waals surface area contributed by atoms with E-state index in [4.69, 9.17) is 0 Å². The molecule has 0 saturated heterocycles. The van der Waals surface area contributed by atoms with Crippen LogP contribution in [0.1, 0.15) is 35.2 Å². The minimum absolute atomic E-state index is 0.126. The lowest BCUT2D eigenvalue weighted by Gasteiger charge is -2.25. The fourth-order valence-electron chi connectivity index (χ4n) is 7.39. The first-order valence-electron chi connectivity index (χ1n) is 16.2. The second-order valence-corrected chi connectivity index (χ2v) is 12.4. The van der Waals surface area contributed by atoms with Crippen molar-refractivity contribution in [2.75, 3.05) is 0 Å². The molecule has 228 valence electrons. The van der Waals surface area contributed by atoms with Crippen molar-refractivity contribution in [3.8, 4) is 23.5 Å². The first-order valence-corrected chi connectivity index (χ1v) is 16.2. The highest BCUT2D eigenvalue weighted by Gasteiger charge is 2.27. The third-order valence-corrected chi connectivity index (χ3v) is 9.65. The zero-order valence-electron chi connectivity index (χ0n) is 26.8. The van der Waals surface area contributed by atoms with Crippen LogP contribution in [0, 0.1) is 35.5 Å². The molecule has 2 aromatic heterocycles. The molecule has 4 nitrogen and oxygen atoms in total. The maximum Gasteiger partial charge on any atom is 0.0944 e. The lowest BCUT2D eigenvalue weighted by molar-refractivity contribution is 0.711. The van der Waals surface area contributed by atoms with Crippen LogP contribution in [-0.4, -0.2) is 9.13 Å². The fraction of sp³-hybridized carbons (Fsp3) is 0.0909. The Morgan fingerprint density at radius 2 is 1.27 bits per heavy atom. The molecule has 0 amide bonds. The van der Waals surface area contributed by atoms with Gasteiger partial charge in [-0.25, -0.2) is 0 Å². The zero-order valence-corrected chi connectivity index (χ0v) is 26.8. The molecular formula is C44H32N4. The molecule has 2 unspecified atom stereocenters.